The lowest BCUT2D eigenvalue weighted by molar-refractivity contribution is -0.141. The summed E-state index contributed by atoms with van der Waals surface area (Å²) in [6, 6.07) is 3.36. The molecule has 2 aromatic rings. The maximum atomic E-state index is 13.1. The van der Waals surface area contributed by atoms with E-state index >= 15 is 0 Å². The normalized spacial score (nSPS) is 11.9. The van der Waals surface area contributed by atoms with Gasteiger partial charge in [0.2, 0.25) is 5.13 Å². The van der Waals surface area contributed by atoms with Gasteiger partial charge in [-0.25, -0.2) is 4.98 Å². The molecule has 1 amide bonds. The number of hydroxylamine groups is 1. The first kappa shape index (κ1) is 23.6. The summed E-state index contributed by atoms with van der Waals surface area (Å²) in [5, 5.41) is -0.502. The molecule has 0 N–H and O–H groups in total. The van der Waals surface area contributed by atoms with Crippen molar-refractivity contribution in [3.63, 3.8) is 0 Å². The number of carbonyl (C=O) groups is 1. The minimum Gasteiger partial charge on any atom is -0.339 e. The van der Waals surface area contributed by atoms with E-state index in [9.17, 15) is 31.1 Å². The molecule has 2 rings (SSSR count). The maximum absolute atomic E-state index is 13.1. The molecule has 1 aromatic carbocycles. The number of carbonyl (C=O) groups excluding carboxylic acids is 1. The lowest BCUT2D eigenvalue weighted by atomic mass is 10.1. The molecule has 158 valence electrons. The Morgan fingerprint density at radius 1 is 1.17 bits per heavy atom. The molecule has 0 saturated heterocycles. The lowest BCUT2D eigenvalue weighted by Gasteiger charge is -2.23. The molecule has 14 heteroatoms. The van der Waals surface area contributed by atoms with Crippen LogP contribution in [0.3, 0.4) is 0 Å². The fourth-order valence-corrected chi connectivity index (χ4v) is 3.68. The second kappa shape index (κ2) is 8.59. The van der Waals surface area contributed by atoms with Crippen LogP contribution in [-0.2, 0) is 17.2 Å². The number of thiocarbonyl (C=S) groups is 1. The van der Waals surface area contributed by atoms with Gasteiger partial charge in [-0.15, -0.1) is 5.06 Å². The molecular formula is C15H10F6IN3O2S2. The second-order valence-electron chi connectivity index (χ2n) is 5.55. The third-order valence-electron chi connectivity index (χ3n) is 3.17. The van der Waals surface area contributed by atoms with Gasteiger partial charge in [0.05, 0.1) is 8.45 Å². The fourth-order valence-electron chi connectivity index (χ4n) is 1.83. The zero-order valence-corrected chi connectivity index (χ0v) is 18.2. The Bertz CT molecular complexity index is 930. The fraction of sp³-hybridized carbons (Fsp3) is 0.267. The first-order valence-corrected chi connectivity index (χ1v) is 9.66. The molecule has 0 aliphatic heterocycles. The smallest absolute Gasteiger partial charge is 0.339 e. The number of amides is 1. The van der Waals surface area contributed by atoms with Crippen molar-refractivity contribution in [1.82, 2.24) is 9.88 Å². The quantitative estimate of drug-likeness (QED) is 0.215. The van der Waals surface area contributed by atoms with E-state index in [1.165, 1.54) is 41.6 Å². The zero-order chi connectivity index (χ0) is 22.1. The SMILES string of the molecule is CN(C)C(=S)ON(C(=O)c1cccc(C(F)(F)F)c1)c1nc(C(F)(F)F)c(I)s1. The number of aromatic nitrogens is 1. The van der Waals surface area contributed by atoms with Crippen molar-refractivity contribution in [3.8, 4) is 0 Å². The van der Waals surface area contributed by atoms with E-state index in [0.29, 0.717) is 22.5 Å². The molecule has 1 aromatic heterocycles. The minimum atomic E-state index is -4.79. The predicted octanol–water partition coefficient (Wildman–Crippen LogP) is 5.21. The topological polar surface area (TPSA) is 45.7 Å². The van der Waals surface area contributed by atoms with E-state index < -0.39 is 40.2 Å². The number of hydrogen-bond acceptors (Lipinski definition) is 5. The number of nitrogens with zero attached hydrogens (tertiary/aromatic N) is 3. The summed E-state index contributed by atoms with van der Waals surface area (Å²) in [5.74, 6) is -1.17. The molecule has 0 aliphatic rings. The van der Waals surface area contributed by atoms with Crippen LogP contribution in [0.1, 0.15) is 21.6 Å². The molecule has 0 saturated carbocycles. The van der Waals surface area contributed by atoms with Crippen LogP contribution in [0.4, 0.5) is 31.5 Å². The third-order valence-corrected chi connectivity index (χ3v) is 5.60. The number of thiazole rings is 1. The van der Waals surface area contributed by atoms with Crippen LogP contribution in [-0.4, -0.2) is 35.1 Å². The molecule has 1 heterocycles. The number of rotatable bonds is 2. The molecule has 0 spiro atoms. The van der Waals surface area contributed by atoms with E-state index in [1.807, 2.05) is 0 Å². The summed E-state index contributed by atoms with van der Waals surface area (Å²) in [6.07, 6.45) is -9.51. The van der Waals surface area contributed by atoms with E-state index in [4.69, 9.17) is 17.1 Å². The molecule has 5 nitrogen and oxygen atoms in total. The minimum absolute atomic E-state index is 0.286. The standard InChI is InChI=1S/C15H10F6IN3O2S2/c1-24(2)13(28)27-25(12-23-9(10(22)29-12)15(19,20)21)11(26)7-4-3-5-8(6-7)14(16,17)18/h3-6H,1-2H3. The van der Waals surface area contributed by atoms with Gasteiger partial charge in [0.15, 0.2) is 5.69 Å². The summed E-state index contributed by atoms with van der Waals surface area (Å²) in [6.45, 7) is 0. The Labute approximate surface area is 183 Å². The summed E-state index contributed by atoms with van der Waals surface area (Å²) >= 11 is 6.77. The Morgan fingerprint density at radius 3 is 2.28 bits per heavy atom. The Hall–Kier alpha value is -1.68. The number of alkyl halides is 6. The highest BCUT2D eigenvalue weighted by atomic mass is 127. The van der Waals surface area contributed by atoms with Crippen LogP contribution in [0.2, 0.25) is 0 Å². The van der Waals surface area contributed by atoms with Gasteiger partial charge >= 0.3 is 12.4 Å². The molecule has 0 atom stereocenters. The van der Waals surface area contributed by atoms with Crippen LogP contribution >= 0.6 is 46.1 Å². The molecule has 0 radical (unpaired) electrons. The zero-order valence-electron chi connectivity index (χ0n) is 14.4. The van der Waals surface area contributed by atoms with Gasteiger partial charge in [0.25, 0.3) is 11.1 Å². The average Bonchev–Trinajstić information content (AvgIpc) is 3.00. The van der Waals surface area contributed by atoms with Crippen LogP contribution in [0, 0.1) is 2.88 Å². The number of halogens is 7. The van der Waals surface area contributed by atoms with E-state index in [1.54, 1.807) is 0 Å². The third kappa shape index (κ3) is 5.69. The summed E-state index contributed by atoms with van der Waals surface area (Å²) in [4.78, 5) is 22.6. The highest BCUT2D eigenvalue weighted by Crippen LogP contribution is 2.38. The molecular weight excluding hydrogens is 559 g/mol. The average molecular weight is 569 g/mol. The van der Waals surface area contributed by atoms with E-state index in [2.05, 4.69) is 4.98 Å². The molecule has 29 heavy (non-hydrogen) atoms. The Morgan fingerprint density at radius 2 is 1.79 bits per heavy atom. The van der Waals surface area contributed by atoms with Gasteiger partial charge < -0.3 is 9.74 Å². The Balaban J connectivity index is 2.52. The second-order valence-corrected chi connectivity index (χ2v) is 8.68. The molecule has 0 unspecified atom stereocenters. The lowest BCUT2D eigenvalue weighted by Crippen LogP contribution is -2.37. The van der Waals surface area contributed by atoms with Gasteiger partial charge in [-0.05, 0) is 53.0 Å². The molecule has 0 aliphatic carbocycles. The number of hydrogen-bond donors (Lipinski definition) is 0. The number of benzene rings is 1. The molecule has 0 fully saturated rings. The largest absolute Gasteiger partial charge is 0.435 e. The van der Waals surface area contributed by atoms with Crippen LogP contribution in [0.5, 0.6) is 0 Å². The first-order chi connectivity index (χ1) is 13.2. The van der Waals surface area contributed by atoms with Crippen molar-refractivity contribution in [1.29, 1.82) is 0 Å². The van der Waals surface area contributed by atoms with Gasteiger partial charge in [-0.3, -0.25) is 4.79 Å². The van der Waals surface area contributed by atoms with Gasteiger partial charge in [0, 0.05) is 19.7 Å². The van der Waals surface area contributed by atoms with E-state index in [0.717, 1.165) is 18.2 Å². The van der Waals surface area contributed by atoms with Crippen LogP contribution < -0.4 is 5.06 Å². The van der Waals surface area contributed by atoms with Crippen LogP contribution in [0.25, 0.3) is 0 Å². The maximum Gasteiger partial charge on any atom is 0.435 e. The van der Waals surface area contributed by atoms with Crippen LogP contribution in [0.15, 0.2) is 24.3 Å². The van der Waals surface area contributed by atoms with Crippen molar-refractivity contribution < 1.29 is 36.0 Å². The molecule has 0 bridgehead atoms. The summed E-state index contributed by atoms with van der Waals surface area (Å²) in [5.41, 5.74) is -2.83. The highest BCUT2D eigenvalue weighted by Gasteiger charge is 2.39. The number of anilines is 1. The van der Waals surface area contributed by atoms with Crippen molar-refractivity contribution in [3.05, 3.63) is 44.0 Å². The van der Waals surface area contributed by atoms with Gasteiger partial charge in [-0.2, -0.15) is 26.3 Å². The van der Waals surface area contributed by atoms with E-state index in [-0.39, 0.29) is 8.06 Å². The van der Waals surface area contributed by atoms with Crippen molar-refractivity contribution in [2.75, 3.05) is 19.2 Å². The monoisotopic (exact) mass is 569 g/mol. The predicted molar refractivity (Wildman–Crippen MR) is 105 cm³/mol. The summed E-state index contributed by atoms with van der Waals surface area (Å²) in [7, 11) is 2.89. The van der Waals surface area contributed by atoms with Crippen molar-refractivity contribution >= 4 is 62.4 Å². The summed E-state index contributed by atoms with van der Waals surface area (Å²) < 4.78 is 77.7. The van der Waals surface area contributed by atoms with Crippen molar-refractivity contribution in [2.45, 2.75) is 12.4 Å². The first-order valence-electron chi connectivity index (χ1n) is 7.36. The highest BCUT2D eigenvalue weighted by molar-refractivity contribution is 14.1. The Kier molecular flexibility index (Phi) is 6.99. The van der Waals surface area contributed by atoms with Gasteiger partial charge in [0.1, 0.15) is 0 Å². The van der Waals surface area contributed by atoms with Gasteiger partial charge in [-0.1, -0.05) is 17.4 Å². The van der Waals surface area contributed by atoms with Crippen molar-refractivity contribution in [2.24, 2.45) is 0 Å².